The molecular weight excluding hydrogens is 204 g/mol. The molecule has 0 spiro atoms. The van der Waals surface area contributed by atoms with Crippen molar-refractivity contribution in [1.82, 2.24) is 5.32 Å². The largest absolute Gasteiger partial charge is 0.496 e. The van der Waals surface area contributed by atoms with Gasteiger partial charge in [0.05, 0.1) is 19.2 Å². The van der Waals surface area contributed by atoms with Crippen LogP contribution in [0.2, 0.25) is 0 Å². The molecule has 1 aromatic carbocycles. The summed E-state index contributed by atoms with van der Waals surface area (Å²) in [6.45, 7) is 3.56. The van der Waals surface area contributed by atoms with Crippen molar-refractivity contribution in [2.24, 2.45) is 5.73 Å². The minimum atomic E-state index is -0.503. The first-order chi connectivity index (χ1) is 7.56. The van der Waals surface area contributed by atoms with Gasteiger partial charge in [0.2, 0.25) is 5.91 Å². The highest BCUT2D eigenvalue weighted by Crippen LogP contribution is 2.24. The Morgan fingerprint density at radius 2 is 2.00 bits per heavy atom. The molecule has 0 radical (unpaired) electrons. The van der Waals surface area contributed by atoms with Crippen molar-refractivity contribution < 1.29 is 9.53 Å². The van der Waals surface area contributed by atoms with E-state index in [1.807, 2.05) is 31.2 Å². The van der Waals surface area contributed by atoms with Crippen LogP contribution in [-0.4, -0.2) is 19.1 Å². The zero-order chi connectivity index (χ0) is 12.1. The number of ether oxygens (including phenoxy) is 1. The van der Waals surface area contributed by atoms with Crippen molar-refractivity contribution in [1.29, 1.82) is 0 Å². The Bertz CT molecular complexity index is 364. The summed E-state index contributed by atoms with van der Waals surface area (Å²) in [6.07, 6.45) is 0. The van der Waals surface area contributed by atoms with Gasteiger partial charge in [-0.2, -0.15) is 0 Å². The smallest absolute Gasteiger partial charge is 0.237 e. The molecule has 0 fully saturated rings. The third-order valence-corrected chi connectivity index (χ3v) is 2.38. The Hall–Kier alpha value is -1.55. The molecule has 1 amide bonds. The van der Waals surface area contributed by atoms with E-state index in [0.29, 0.717) is 0 Å². The van der Waals surface area contributed by atoms with E-state index in [1.54, 1.807) is 14.0 Å². The predicted octanol–water partition coefficient (Wildman–Crippen LogP) is 1.22. The van der Waals surface area contributed by atoms with Crippen LogP contribution in [0.5, 0.6) is 5.75 Å². The van der Waals surface area contributed by atoms with E-state index in [4.69, 9.17) is 10.5 Å². The van der Waals surface area contributed by atoms with E-state index in [1.165, 1.54) is 0 Å². The quantitative estimate of drug-likeness (QED) is 0.805. The van der Waals surface area contributed by atoms with Gasteiger partial charge in [-0.05, 0) is 19.9 Å². The molecular formula is C12H18N2O2. The molecule has 0 saturated heterocycles. The highest BCUT2D eigenvalue weighted by molar-refractivity contribution is 5.81. The molecule has 16 heavy (non-hydrogen) atoms. The third kappa shape index (κ3) is 2.97. The number of hydrogen-bond donors (Lipinski definition) is 2. The maximum Gasteiger partial charge on any atom is 0.237 e. The first kappa shape index (κ1) is 12.5. The van der Waals surface area contributed by atoms with E-state index in [0.717, 1.165) is 11.3 Å². The Morgan fingerprint density at radius 1 is 1.38 bits per heavy atom. The van der Waals surface area contributed by atoms with Crippen LogP contribution < -0.4 is 15.8 Å². The molecule has 1 unspecified atom stereocenters. The monoisotopic (exact) mass is 222 g/mol. The van der Waals surface area contributed by atoms with Gasteiger partial charge in [-0.1, -0.05) is 18.2 Å². The molecule has 4 heteroatoms. The van der Waals surface area contributed by atoms with Crippen molar-refractivity contribution in [2.75, 3.05) is 7.11 Å². The van der Waals surface area contributed by atoms with Crippen LogP contribution in [0.3, 0.4) is 0 Å². The topological polar surface area (TPSA) is 64.3 Å². The Labute approximate surface area is 95.8 Å². The fourth-order valence-electron chi connectivity index (χ4n) is 1.45. The first-order valence-electron chi connectivity index (χ1n) is 5.25. The van der Waals surface area contributed by atoms with Crippen molar-refractivity contribution in [3.05, 3.63) is 29.8 Å². The van der Waals surface area contributed by atoms with E-state index < -0.39 is 6.04 Å². The van der Waals surface area contributed by atoms with Gasteiger partial charge in [0.1, 0.15) is 5.75 Å². The van der Waals surface area contributed by atoms with Crippen LogP contribution in [0.25, 0.3) is 0 Å². The summed E-state index contributed by atoms with van der Waals surface area (Å²) in [5.41, 5.74) is 6.43. The number of nitrogens with one attached hydrogen (secondary N) is 1. The van der Waals surface area contributed by atoms with Gasteiger partial charge in [0.15, 0.2) is 0 Å². The van der Waals surface area contributed by atoms with Crippen LogP contribution in [0.4, 0.5) is 0 Å². The third-order valence-electron chi connectivity index (χ3n) is 2.38. The molecule has 0 aliphatic heterocycles. The van der Waals surface area contributed by atoms with Crippen LogP contribution in [0.15, 0.2) is 24.3 Å². The summed E-state index contributed by atoms with van der Waals surface area (Å²) >= 11 is 0. The molecule has 1 rings (SSSR count). The van der Waals surface area contributed by atoms with Crippen molar-refractivity contribution in [3.8, 4) is 5.75 Å². The molecule has 88 valence electrons. The van der Waals surface area contributed by atoms with Gasteiger partial charge >= 0.3 is 0 Å². The second-order valence-corrected chi connectivity index (χ2v) is 3.76. The average molecular weight is 222 g/mol. The van der Waals surface area contributed by atoms with Crippen LogP contribution in [-0.2, 0) is 4.79 Å². The first-order valence-corrected chi connectivity index (χ1v) is 5.25. The summed E-state index contributed by atoms with van der Waals surface area (Å²) in [6, 6.07) is 6.97. The summed E-state index contributed by atoms with van der Waals surface area (Å²) in [5.74, 6) is 0.596. The van der Waals surface area contributed by atoms with Gasteiger partial charge < -0.3 is 15.8 Å². The SMILES string of the molecule is COc1ccccc1C(C)NC(=O)[C@@H](C)N. The molecule has 4 nitrogen and oxygen atoms in total. The second kappa shape index (κ2) is 5.51. The summed E-state index contributed by atoms with van der Waals surface area (Å²) in [7, 11) is 1.61. The number of benzene rings is 1. The lowest BCUT2D eigenvalue weighted by Gasteiger charge is -2.18. The zero-order valence-corrected chi connectivity index (χ0v) is 9.86. The predicted molar refractivity (Wildman–Crippen MR) is 63.2 cm³/mol. The maximum absolute atomic E-state index is 11.4. The normalized spacial score (nSPS) is 14.0. The number of hydrogen-bond acceptors (Lipinski definition) is 3. The molecule has 0 saturated carbocycles. The molecule has 2 atom stereocenters. The summed E-state index contributed by atoms with van der Waals surface area (Å²) < 4.78 is 5.23. The molecule has 1 aromatic rings. The minimum Gasteiger partial charge on any atom is -0.496 e. The fourth-order valence-corrected chi connectivity index (χ4v) is 1.45. The lowest BCUT2D eigenvalue weighted by Crippen LogP contribution is -2.39. The molecule has 3 N–H and O–H groups in total. The number of rotatable bonds is 4. The number of carbonyl (C=O) groups is 1. The van der Waals surface area contributed by atoms with Gasteiger partial charge in [-0.3, -0.25) is 4.79 Å². The molecule has 0 heterocycles. The molecule has 0 aromatic heterocycles. The van der Waals surface area contributed by atoms with Crippen LogP contribution in [0, 0.1) is 0 Å². The Balaban J connectivity index is 2.80. The number of carbonyl (C=O) groups excluding carboxylic acids is 1. The maximum atomic E-state index is 11.4. The lowest BCUT2D eigenvalue weighted by atomic mass is 10.1. The summed E-state index contributed by atoms with van der Waals surface area (Å²) in [5, 5.41) is 2.83. The van der Waals surface area contributed by atoms with Crippen LogP contribution >= 0.6 is 0 Å². The van der Waals surface area contributed by atoms with Crippen molar-refractivity contribution in [3.63, 3.8) is 0 Å². The summed E-state index contributed by atoms with van der Waals surface area (Å²) in [4.78, 5) is 11.4. The van der Waals surface area contributed by atoms with Crippen molar-refractivity contribution in [2.45, 2.75) is 25.9 Å². The van der Waals surface area contributed by atoms with Crippen LogP contribution in [0.1, 0.15) is 25.5 Å². The lowest BCUT2D eigenvalue weighted by molar-refractivity contribution is -0.122. The number of nitrogens with two attached hydrogens (primary N) is 1. The van der Waals surface area contributed by atoms with Gasteiger partial charge in [-0.25, -0.2) is 0 Å². The number of amides is 1. The molecule has 0 bridgehead atoms. The number of para-hydroxylation sites is 1. The van der Waals surface area contributed by atoms with Crippen molar-refractivity contribution >= 4 is 5.91 Å². The van der Waals surface area contributed by atoms with E-state index in [9.17, 15) is 4.79 Å². The minimum absolute atomic E-state index is 0.116. The van der Waals surface area contributed by atoms with E-state index >= 15 is 0 Å². The number of methoxy groups -OCH3 is 1. The zero-order valence-electron chi connectivity index (χ0n) is 9.86. The van der Waals surface area contributed by atoms with E-state index in [2.05, 4.69) is 5.32 Å². The second-order valence-electron chi connectivity index (χ2n) is 3.76. The van der Waals surface area contributed by atoms with Gasteiger partial charge in [0.25, 0.3) is 0 Å². The average Bonchev–Trinajstić information content (AvgIpc) is 2.28. The van der Waals surface area contributed by atoms with Gasteiger partial charge in [-0.15, -0.1) is 0 Å². The highest BCUT2D eigenvalue weighted by atomic mass is 16.5. The van der Waals surface area contributed by atoms with E-state index in [-0.39, 0.29) is 11.9 Å². The standard InChI is InChI=1S/C12H18N2O2/c1-8(13)12(15)14-9(2)10-6-4-5-7-11(10)16-3/h4-9H,13H2,1-3H3,(H,14,15)/t8-,9?/m1/s1. The molecule has 0 aliphatic carbocycles. The highest BCUT2D eigenvalue weighted by Gasteiger charge is 2.15. The van der Waals surface area contributed by atoms with Gasteiger partial charge in [0, 0.05) is 5.56 Å². The Kier molecular flexibility index (Phi) is 4.31. The molecule has 0 aliphatic rings. The Morgan fingerprint density at radius 3 is 2.56 bits per heavy atom. The fraction of sp³-hybridized carbons (Fsp3) is 0.417.